The summed E-state index contributed by atoms with van der Waals surface area (Å²) in [4.78, 5) is 39.6. The van der Waals surface area contributed by atoms with Crippen LogP contribution in [0, 0.1) is 5.41 Å². The van der Waals surface area contributed by atoms with Gasteiger partial charge in [0, 0.05) is 0 Å². The van der Waals surface area contributed by atoms with Crippen LogP contribution in [-0.4, -0.2) is 43.9 Å². The van der Waals surface area contributed by atoms with Gasteiger partial charge in [-0.1, -0.05) is 30.4 Å². The number of rotatable bonds is 6. The summed E-state index contributed by atoms with van der Waals surface area (Å²) in [5.74, 6) is -1.52. The average molecular weight is 375 g/mol. The van der Waals surface area contributed by atoms with Crippen LogP contribution >= 0.6 is 0 Å². The Balaban J connectivity index is 2.60. The predicted octanol–water partition coefficient (Wildman–Crippen LogP) is 3.18. The third-order valence-electron chi connectivity index (χ3n) is 4.39. The number of fused-ring (bicyclic) bond motifs is 1. The molecule has 0 fully saturated rings. The average Bonchev–Trinajstić information content (AvgIpc) is 2.66. The minimum absolute atomic E-state index is 0.0975. The summed E-state index contributed by atoms with van der Waals surface area (Å²) in [7, 11) is 0. The molecule has 0 radical (unpaired) electrons. The first-order valence-electron chi connectivity index (χ1n) is 8.99. The molecule has 146 valence electrons. The van der Waals surface area contributed by atoms with Crippen molar-refractivity contribution in [2.45, 2.75) is 33.7 Å². The third-order valence-corrected chi connectivity index (χ3v) is 4.39. The fourth-order valence-corrected chi connectivity index (χ4v) is 3.02. The van der Waals surface area contributed by atoms with E-state index in [0.29, 0.717) is 5.69 Å². The van der Waals surface area contributed by atoms with Crippen molar-refractivity contribution >= 4 is 29.8 Å². The highest BCUT2D eigenvalue weighted by atomic mass is 16.6. The lowest BCUT2D eigenvalue weighted by molar-refractivity contribution is -0.171. The fraction of sp³-hybridized carbons (Fsp3) is 0.450. The minimum Gasteiger partial charge on any atom is -0.465 e. The number of anilines is 1. The van der Waals surface area contributed by atoms with Crippen molar-refractivity contribution in [1.82, 2.24) is 0 Å². The Labute approximate surface area is 158 Å². The molecule has 1 aromatic rings. The Morgan fingerprint density at radius 2 is 1.52 bits per heavy atom. The second-order valence-corrected chi connectivity index (χ2v) is 6.07. The molecule has 0 spiro atoms. The van der Waals surface area contributed by atoms with Crippen molar-refractivity contribution in [2.24, 2.45) is 5.41 Å². The lowest BCUT2D eigenvalue weighted by Gasteiger charge is -2.40. The van der Waals surface area contributed by atoms with Gasteiger partial charge in [-0.05, 0) is 39.3 Å². The van der Waals surface area contributed by atoms with Crippen molar-refractivity contribution in [3.8, 4) is 0 Å². The predicted molar refractivity (Wildman–Crippen MR) is 100 cm³/mol. The number of benzene rings is 1. The van der Waals surface area contributed by atoms with Crippen LogP contribution in [-0.2, 0) is 23.8 Å². The highest BCUT2D eigenvalue weighted by Gasteiger charge is 2.55. The summed E-state index contributed by atoms with van der Waals surface area (Å²) in [6.07, 6.45) is 2.75. The molecule has 1 unspecified atom stereocenters. The molecule has 2 rings (SSSR count). The van der Waals surface area contributed by atoms with Gasteiger partial charge in [0.2, 0.25) is 0 Å². The summed E-state index contributed by atoms with van der Waals surface area (Å²) in [5.41, 5.74) is -0.428. The Morgan fingerprint density at radius 1 is 0.963 bits per heavy atom. The van der Waals surface area contributed by atoms with Crippen molar-refractivity contribution < 1.29 is 28.6 Å². The summed E-state index contributed by atoms with van der Waals surface area (Å²) < 4.78 is 15.5. The zero-order chi connectivity index (χ0) is 20.0. The second-order valence-electron chi connectivity index (χ2n) is 6.07. The van der Waals surface area contributed by atoms with Crippen LogP contribution in [0.15, 0.2) is 30.3 Å². The van der Waals surface area contributed by atoms with E-state index in [2.05, 4.69) is 0 Å². The SMILES string of the molecule is CCOC(=O)N1c2ccccc2C=CC1C(C)(C(=O)OCC)C(=O)OCC. The van der Waals surface area contributed by atoms with Crippen LogP contribution in [0.1, 0.15) is 33.3 Å². The van der Waals surface area contributed by atoms with Gasteiger partial charge in [-0.15, -0.1) is 0 Å². The molecule has 7 nitrogen and oxygen atoms in total. The maximum atomic E-state index is 12.8. The number of hydrogen-bond donors (Lipinski definition) is 0. The molecule has 1 amide bonds. The first kappa shape index (κ1) is 20.5. The summed E-state index contributed by atoms with van der Waals surface area (Å²) in [5, 5.41) is 0. The fourth-order valence-electron chi connectivity index (χ4n) is 3.02. The van der Waals surface area contributed by atoms with Crippen LogP contribution in [0.25, 0.3) is 6.08 Å². The monoisotopic (exact) mass is 375 g/mol. The number of carbonyl (C=O) groups excluding carboxylic acids is 3. The van der Waals surface area contributed by atoms with Crippen molar-refractivity contribution in [3.63, 3.8) is 0 Å². The Hall–Kier alpha value is -2.83. The van der Waals surface area contributed by atoms with E-state index in [0.717, 1.165) is 5.56 Å². The van der Waals surface area contributed by atoms with E-state index in [4.69, 9.17) is 14.2 Å². The lowest BCUT2D eigenvalue weighted by atomic mass is 9.79. The van der Waals surface area contributed by atoms with E-state index in [-0.39, 0.29) is 19.8 Å². The molecule has 1 atom stereocenters. The van der Waals surface area contributed by atoms with Crippen molar-refractivity contribution in [3.05, 3.63) is 35.9 Å². The van der Waals surface area contributed by atoms with Crippen LogP contribution in [0.4, 0.5) is 10.5 Å². The van der Waals surface area contributed by atoms with Crippen LogP contribution < -0.4 is 4.90 Å². The van der Waals surface area contributed by atoms with Gasteiger partial charge in [0.05, 0.1) is 31.5 Å². The molecule has 0 saturated heterocycles. The van der Waals surface area contributed by atoms with Gasteiger partial charge in [-0.3, -0.25) is 14.5 Å². The topological polar surface area (TPSA) is 82.1 Å². The van der Waals surface area contributed by atoms with Crippen LogP contribution in [0.3, 0.4) is 0 Å². The number of para-hydroxylation sites is 1. The number of amides is 1. The highest BCUT2D eigenvalue weighted by molar-refractivity contribution is 6.05. The van der Waals surface area contributed by atoms with Gasteiger partial charge in [-0.25, -0.2) is 4.79 Å². The van der Waals surface area contributed by atoms with Gasteiger partial charge < -0.3 is 14.2 Å². The number of hydrogen-bond acceptors (Lipinski definition) is 6. The lowest BCUT2D eigenvalue weighted by Crippen LogP contribution is -2.58. The van der Waals surface area contributed by atoms with Crippen LogP contribution in [0.2, 0.25) is 0 Å². The van der Waals surface area contributed by atoms with Crippen LogP contribution in [0.5, 0.6) is 0 Å². The molecule has 27 heavy (non-hydrogen) atoms. The first-order valence-corrected chi connectivity index (χ1v) is 8.99. The molecule has 0 aromatic heterocycles. The van der Waals surface area contributed by atoms with Crippen molar-refractivity contribution in [2.75, 3.05) is 24.7 Å². The molecule has 0 aliphatic carbocycles. The number of esters is 2. The smallest absolute Gasteiger partial charge is 0.414 e. The molecule has 1 heterocycles. The summed E-state index contributed by atoms with van der Waals surface area (Å²) >= 11 is 0. The molecule has 1 aliphatic rings. The Kier molecular flexibility index (Phi) is 6.60. The number of carbonyl (C=O) groups is 3. The first-order chi connectivity index (χ1) is 12.9. The number of nitrogens with zero attached hydrogens (tertiary/aromatic N) is 1. The largest absolute Gasteiger partial charge is 0.465 e. The summed E-state index contributed by atoms with van der Waals surface area (Å²) in [6.45, 7) is 6.77. The van der Waals surface area contributed by atoms with Crippen molar-refractivity contribution in [1.29, 1.82) is 0 Å². The normalized spacial score (nSPS) is 15.7. The molecule has 0 N–H and O–H groups in total. The van der Waals surface area contributed by atoms with Gasteiger partial charge in [0.1, 0.15) is 0 Å². The molecule has 1 aromatic carbocycles. The molecule has 1 aliphatic heterocycles. The maximum Gasteiger partial charge on any atom is 0.414 e. The van der Waals surface area contributed by atoms with E-state index >= 15 is 0 Å². The van der Waals surface area contributed by atoms with E-state index in [1.54, 1.807) is 45.1 Å². The van der Waals surface area contributed by atoms with Gasteiger partial charge in [0.15, 0.2) is 5.41 Å². The van der Waals surface area contributed by atoms with E-state index in [1.165, 1.54) is 11.8 Å². The number of ether oxygens (including phenoxy) is 3. The van der Waals surface area contributed by atoms with E-state index in [9.17, 15) is 14.4 Å². The molecular formula is C20H25NO6. The highest BCUT2D eigenvalue weighted by Crippen LogP contribution is 2.39. The zero-order valence-corrected chi connectivity index (χ0v) is 16.1. The third kappa shape index (κ3) is 3.82. The summed E-state index contributed by atoms with van der Waals surface area (Å²) in [6, 6.07) is 6.22. The quantitative estimate of drug-likeness (QED) is 0.431. The second kappa shape index (κ2) is 8.70. The Bertz CT molecular complexity index is 724. The molecular weight excluding hydrogens is 350 g/mol. The zero-order valence-electron chi connectivity index (χ0n) is 16.1. The Morgan fingerprint density at radius 3 is 2.07 bits per heavy atom. The van der Waals surface area contributed by atoms with Gasteiger partial charge in [0.25, 0.3) is 0 Å². The molecule has 0 saturated carbocycles. The van der Waals surface area contributed by atoms with E-state index in [1.807, 2.05) is 12.1 Å². The van der Waals surface area contributed by atoms with E-state index < -0.39 is 29.5 Å². The molecule has 7 heteroatoms. The van der Waals surface area contributed by atoms with Gasteiger partial charge in [-0.2, -0.15) is 0 Å². The molecule has 0 bridgehead atoms. The van der Waals surface area contributed by atoms with Gasteiger partial charge >= 0.3 is 18.0 Å². The standard InChI is InChI=1S/C20H25NO6/c1-5-25-17(22)20(4,18(23)26-6-2)16-13-12-14-10-8-9-11-15(14)21(16)19(24)27-7-3/h8-13,16H,5-7H2,1-4H3. The maximum absolute atomic E-state index is 12.8. The minimum atomic E-state index is -1.75.